The molecule has 7 heavy (non-hydrogen) atoms. The number of ketones is 1. The third kappa shape index (κ3) is 2.15. The summed E-state index contributed by atoms with van der Waals surface area (Å²) in [5.74, 6) is 0.155. The number of hydrogen-bond donors (Lipinski definition) is 0. The Balaban J connectivity index is 0. The highest BCUT2D eigenvalue weighted by Crippen LogP contribution is 1.90. The van der Waals surface area contributed by atoms with Crippen molar-refractivity contribution in [1.82, 2.24) is 0 Å². The maximum Gasteiger partial charge on any atom is 0.155 e. The molecule has 0 aromatic rings. The van der Waals surface area contributed by atoms with E-state index < -0.39 is 0 Å². The van der Waals surface area contributed by atoms with Crippen LogP contribution >= 0.6 is 0 Å². The topological polar surface area (TPSA) is 17.1 Å². The molecule has 0 rings (SSSR count). The van der Waals surface area contributed by atoms with Gasteiger partial charge in [0.2, 0.25) is 0 Å². The Hall–Kier alpha value is -0.590. The highest BCUT2D eigenvalue weighted by Gasteiger charge is 1.89. The normalized spacial score (nSPS) is 11.6. The van der Waals surface area contributed by atoms with E-state index in [4.69, 9.17) is 0 Å². The van der Waals surface area contributed by atoms with Gasteiger partial charge in [-0.25, -0.2) is 0 Å². The van der Waals surface area contributed by atoms with E-state index in [0.717, 1.165) is 5.57 Å². The first-order valence-corrected chi connectivity index (χ1v) is 2.32. The average molecular weight is 100 g/mol. The zero-order valence-electron chi connectivity index (χ0n) is 4.99. The van der Waals surface area contributed by atoms with Crippen LogP contribution in [0.4, 0.5) is 0 Å². The van der Waals surface area contributed by atoms with E-state index in [0.29, 0.717) is 0 Å². The molecule has 0 radical (unpaired) electrons. The largest absolute Gasteiger partial charge is 0.295 e. The van der Waals surface area contributed by atoms with Gasteiger partial charge in [-0.05, 0) is 26.3 Å². The fourth-order valence-electron chi connectivity index (χ4n) is 0.203. The summed E-state index contributed by atoms with van der Waals surface area (Å²) in [6, 6.07) is 0. The molecule has 0 amide bonds. The second-order valence-corrected chi connectivity index (χ2v) is 1.53. The van der Waals surface area contributed by atoms with Crippen LogP contribution in [0.5, 0.6) is 0 Å². The standard InChI is InChI=1S/C6H10O.H2/c1-4-5(2)6(3)7;/h4H,1-3H3;1H. The van der Waals surface area contributed by atoms with Crippen LogP contribution in [0.15, 0.2) is 11.6 Å². The minimum absolute atomic E-state index is 0. The summed E-state index contributed by atoms with van der Waals surface area (Å²) in [6.45, 7) is 5.23. The molecule has 1 nitrogen and oxygen atoms in total. The molecule has 0 aliphatic carbocycles. The van der Waals surface area contributed by atoms with Crippen LogP contribution in [-0.4, -0.2) is 5.78 Å². The fraction of sp³-hybridized carbons (Fsp3) is 0.500. The molecule has 0 atom stereocenters. The average Bonchev–Trinajstić information content (AvgIpc) is 1.65. The first kappa shape index (κ1) is 6.41. The number of hydrogen-bond acceptors (Lipinski definition) is 1. The van der Waals surface area contributed by atoms with Crippen LogP contribution in [0.2, 0.25) is 0 Å². The molecular formula is C6H12O. The molecule has 0 heterocycles. The third-order valence-corrected chi connectivity index (χ3v) is 0.988. The van der Waals surface area contributed by atoms with E-state index in [9.17, 15) is 4.79 Å². The molecule has 0 saturated carbocycles. The maximum atomic E-state index is 10.3. The van der Waals surface area contributed by atoms with Crippen LogP contribution in [0.25, 0.3) is 0 Å². The predicted molar refractivity (Wildman–Crippen MR) is 32.2 cm³/mol. The molecule has 0 unspecified atom stereocenters. The van der Waals surface area contributed by atoms with Crippen molar-refractivity contribution >= 4 is 5.78 Å². The van der Waals surface area contributed by atoms with Crippen molar-refractivity contribution in [1.29, 1.82) is 0 Å². The van der Waals surface area contributed by atoms with Gasteiger partial charge in [0.25, 0.3) is 0 Å². The van der Waals surface area contributed by atoms with Crippen molar-refractivity contribution in [2.24, 2.45) is 0 Å². The molecular weight excluding hydrogens is 88.1 g/mol. The molecule has 1 heteroatoms. The smallest absolute Gasteiger partial charge is 0.155 e. The summed E-state index contributed by atoms with van der Waals surface area (Å²) in [5, 5.41) is 0. The molecule has 42 valence electrons. The molecule has 0 aliphatic rings. The zero-order chi connectivity index (χ0) is 5.86. The summed E-state index contributed by atoms with van der Waals surface area (Å²) in [6.07, 6.45) is 1.81. The fourth-order valence-corrected chi connectivity index (χ4v) is 0.203. The van der Waals surface area contributed by atoms with Crippen LogP contribution in [0.3, 0.4) is 0 Å². The first-order valence-electron chi connectivity index (χ1n) is 2.32. The van der Waals surface area contributed by atoms with Gasteiger partial charge in [0.15, 0.2) is 5.78 Å². The van der Waals surface area contributed by atoms with E-state index in [2.05, 4.69) is 0 Å². The number of carbonyl (C=O) groups is 1. The lowest BCUT2D eigenvalue weighted by Crippen LogP contribution is -1.88. The number of rotatable bonds is 1. The van der Waals surface area contributed by atoms with Gasteiger partial charge < -0.3 is 0 Å². The molecule has 0 fully saturated rings. The van der Waals surface area contributed by atoms with Gasteiger partial charge in [0.05, 0.1) is 0 Å². The SMILES string of the molecule is CC=C(C)C(C)=O.[HH]. The van der Waals surface area contributed by atoms with Crippen molar-refractivity contribution in [3.63, 3.8) is 0 Å². The minimum atomic E-state index is 0. The number of allylic oxidation sites excluding steroid dienone is 2. The van der Waals surface area contributed by atoms with Gasteiger partial charge in [0.1, 0.15) is 0 Å². The van der Waals surface area contributed by atoms with E-state index >= 15 is 0 Å². The first-order chi connectivity index (χ1) is 3.18. The Kier molecular flexibility index (Phi) is 2.34. The van der Waals surface area contributed by atoms with E-state index in [1.165, 1.54) is 0 Å². The van der Waals surface area contributed by atoms with Crippen molar-refractivity contribution in [3.05, 3.63) is 11.6 Å². The second-order valence-electron chi connectivity index (χ2n) is 1.53. The lowest BCUT2D eigenvalue weighted by molar-refractivity contribution is -0.113. The molecule has 0 aromatic carbocycles. The number of carbonyl (C=O) groups excluding carboxylic acids is 1. The van der Waals surface area contributed by atoms with Gasteiger partial charge in [-0.3, -0.25) is 4.79 Å². The van der Waals surface area contributed by atoms with Crippen molar-refractivity contribution in [2.75, 3.05) is 0 Å². The Bertz CT molecular complexity index is 105. The summed E-state index contributed by atoms with van der Waals surface area (Å²) in [5.41, 5.74) is 0.833. The Labute approximate surface area is 45.5 Å². The van der Waals surface area contributed by atoms with Gasteiger partial charge in [-0.1, -0.05) is 6.08 Å². The minimum Gasteiger partial charge on any atom is -0.295 e. The van der Waals surface area contributed by atoms with E-state index in [-0.39, 0.29) is 7.21 Å². The third-order valence-electron chi connectivity index (χ3n) is 0.988. The van der Waals surface area contributed by atoms with Crippen LogP contribution < -0.4 is 0 Å². The maximum absolute atomic E-state index is 10.3. The second kappa shape index (κ2) is 2.56. The highest BCUT2D eigenvalue weighted by atomic mass is 16.1. The van der Waals surface area contributed by atoms with E-state index in [1.807, 2.05) is 19.9 Å². The Morgan fingerprint density at radius 2 is 2.00 bits per heavy atom. The summed E-state index contributed by atoms with van der Waals surface area (Å²) >= 11 is 0. The van der Waals surface area contributed by atoms with Gasteiger partial charge >= 0.3 is 0 Å². The Morgan fingerprint density at radius 3 is 2.00 bits per heavy atom. The predicted octanol–water partition coefficient (Wildman–Crippen LogP) is 1.79. The molecule has 0 aliphatic heterocycles. The number of Topliss-reactive ketones (excluding diaryl/α,β-unsaturated/α-hetero) is 1. The summed E-state index contributed by atoms with van der Waals surface area (Å²) in [4.78, 5) is 10.3. The van der Waals surface area contributed by atoms with Gasteiger partial charge in [-0.15, -0.1) is 0 Å². The van der Waals surface area contributed by atoms with Crippen molar-refractivity contribution < 1.29 is 6.22 Å². The lowest BCUT2D eigenvalue weighted by atomic mass is 10.2. The monoisotopic (exact) mass is 100 g/mol. The zero-order valence-corrected chi connectivity index (χ0v) is 4.99. The molecule has 0 N–H and O–H groups in total. The van der Waals surface area contributed by atoms with Crippen molar-refractivity contribution in [2.45, 2.75) is 20.8 Å². The molecule has 0 bridgehead atoms. The lowest BCUT2D eigenvalue weighted by Gasteiger charge is -1.85. The molecule has 0 spiro atoms. The Morgan fingerprint density at radius 1 is 1.57 bits per heavy atom. The molecule has 0 saturated heterocycles. The van der Waals surface area contributed by atoms with Crippen molar-refractivity contribution in [3.8, 4) is 0 Å². The van der Waals surface area contributed by atoms with Crippen LogP contribution in [-0.2, 0) is 4.79 Å². The van der Waals surface area contributed by atoms with E-state index in [1.54, 1.807) is 6.92 Å². The van der Waals surface area contributed by atoms with Crippen LogP contribution in [0.1, 0.15) is 22.2 Å². The quantitative estimate of drug-likeness (QED) is 0.459. The van der Waals surface area contributed by atoms with Crippen LogP contribution in [0, 0.1) is 0 Å². The van der Waals surface area contributed by atoms with Gasteiger partial charge in [0, 0.05) is 1.43 Å². The molecule has 0 aromatic heterocycles. The van der Waals surface area contributed by atoms with Gasteiger partial charge in [-0.2, -0.15) is 0 Å². The summed E-state index contributed by atoms with van der Waals surface area (Å²) < 4.78 is 0. The highest BCUT2D eigenvalue weighted by molar-refractivity contribution is 5.92. The summed E-state index contributed by atoms with van der Waals surface area (Å²) in [7, 11) is 0.